The first-order chi connectivity index (χ1) is 12.9. The zero-order valence-electron chi connectivity index (χ0n) is 14.4. The number of rotatable bonds is 8. The summed E-state index contributed by atoms with van der Waals surface area (Å²) in [5, 5.41) is 13.3. The van der Waals surface area contributed by atoms with Crippen LogP contribution in [0.4, 0.5) is 5.69 Å². The Balaban J connectivity index is 1.75. The summed E-state index contributed by atoms with van der Waals surface area (Å²) in [6, 6.07) is 10.8. The molecule has 1 amide bonds. The number of ether oxygens (including phenoxy) is 2. The minimum Gasteiger partial charge on any atom is -0.484 e. The molecule has 0 saturated heterocycles. The van der Waals surface area contributed by atoms with Gasteiger partial charge in [0, 0.05) is 18.7 Å². The molecule has 2 rings (SSSR count). The van der Waals surface area contributed by atoms with Crippen LogP contribution in [-0.4, -0.2) is 37.1 Å². The summed E-state index contributed by atoms with van der Waals surface area (Å²) >= 11 is 5.78. The quantitative estimate of drug-likeness (QED) is 0.420. The van der Waals surface area contributed by atoms with Crippen LogP contribution in [0.15, 0.2) is 42.5 Å². The molecule has 2 aromatic rings. The van der Waals surface area contributed by atoms with Crippen LogP contribution in [0.3, 0.4) is 0 Å². The lowest BCUT2D eigenvalue weighted by atomic mass is 10.1. The maximum absolute atomic E-state index is 11.8. The number of hydrogen-bond acceptors (Lipinski definition) is 6. The number of nitrogens with zero attached hydrogens (tertiary/aromatic N) is 1. The number of halogens is 1. The Labute approximate surface area is 160 Å². The van der Waals surface area contributed by atoms with Crippen molar-refractivity contribution in [2.45, 2.75) is 6.42 Å². The summed E-state index contributed by atoms with van der Waals surface area (Å²) in [5.74, 6) is -0.479. The van der Waals surface area contributed by atoms with E-state index in [0.29, 0.717) is 18.5 Å². The third kappa shape index (κ3) is 5.96. The minimum atomic E-state index is -0.601. The number of nitrogens with one attached hydrogen (secondary N) is 1. The van der Waals surface area contributed by atoms with Crippen molar-refractivity contribution in [2.24, 2.45) is 0 Å². The fraction of sp³-hybridized carbons (Fsp3) is 0.222. The first-order valence-corrected chi connectivity index (χ1v) is 8.29. The Morgan fingerprint density at radius 2 is 1.89 bits per heavy atom. The molecule has 0 spiro atoms. The van der Waals surface area contributed by atoms with Crippen LogP contribution in [-0.2, 0) is 16.0 Å². The average Bonchev–Trinajstić information content (AvgIpc) is 2.66. The van der Waals surface area contributed by atoms with Crippen molar-refractivity contribution in [3.8, 4) is 5.75 Å². The third-order valence-electron chi connectivity index (χ3n) is 3.60. The van der Waals surface area contributed by atoms with Crippen LogP contribution in [0.1, 0.15) is 15.9 Å². The molecule has 8 nitrogen and oxygen atoms in total. The molecular weight excluding hydrogens is 376 g/mol. The second-order valence-corrected chi connectivity index (χ2v) is 5.85. The van der Waals surface area contributed by atoms with Gasteiger partial charge in [-0.1, -0.05) is 23.7 Å². The molecule has 0 aliphatic carbocycles. The van der Waals surface area contributed by atoms with Crippen LogP contribution in [0, 0.1) is 10.1 Å². The van der Waals surface area contributed by atoms with Crippen LogP contribution in [0.2, 0.25) is 5.02 Å². The summed E-state index contributed by atoms with van der Waals surface area (Å²) in [6.07, 6.45) is 0.580. The van der Waals surface area contributed by atoms with Gasteiger partial charge >= 0.3 is 5.97 Å². The summed E-state index contributed by atoms with van der Waals surface area (Å²) in [4.78, 5) is 33.3. The Morgan fingerprint density at radius 3 is 2.48 bits per heavy atom. The van der Waals surface area contributed by atoms with Crippen LogP contribution >= 0.6 is 11.6 Å². The zero-order chi connectivity index (χ0) is 19.8. The van der Waals surface area contributed by atoms with Gasteiger partial charge < -0.3 is 14.8 Å². The average molecular weight is 393 g/mol. The van der Waals surface area contributed by atoms with Gasteiger partial charge in [-0.15, -0.1) is 0 Å². The molecule has 0 unspecified atom stereocenters. The summed E-state index contributed by atoms with van der Waals surface area (Å²) in [7, 11) is 1.32. The zero-order valence-corrected chi connectivity index (χ0v) is 15.2. The van der Waals surface area contributed by atoms with Crippen molar-refractivity contribution < 1.29 is 24.0 Å². The molecular formula is C18H17ClN2O6. The number of carbonyl (C=O) groups is 2. The van der Waals surface area contributed by atoms with Crippen LogP contribution < -0.4 is 10.1 Å². The van der Waals surface area contributed by atoms with E-state index in [1.165, 1.54) is 25.3 Å². The van der Waals surface area contributed by atoms with Gasteiger partial charge in [0.1, 0.15) is 10.8 Å². The first-order valence-electron chi connectivity index (χ1n) is 7.91. The normalized spacial score (nSPS) is 10.1. The number of hydrogen-bond donors (Lipinski definition) is 1. The van der Waals surface area contributed by atoms with Crippen molar-refractivity contribution in [1.29, 1.82) is 0 Å². The highest BCUT2D eigenvalue weighted by molar-refractivity contribution is 6.32. The molecule has 0 aromatic heterocycles. The maximum Gasteiger partial charge on any atom is 0.337 e. The molecule has 0 radical (unpaired) electrons. The smallest absolute Gasteiger partial charge is 0.337 e. The lowest BCUT2D eigenvalue weighted by molar-refractivity contribution is -0.384. The van der Waals surface area contributed by atoms with Crippen molar-refractivity contribution in [1.82, 2.24) is 5.32 Å². The molecule has 9 heteroatoms. The molecule has 0 aliphatic heterocycles. The van der Waals surface area contributed by atoms with Crippen molar-refractivity contribution in [2.75, 3.05) is 20.3 Å². The van der Waals surface area contributed by atoms with E-state index in [4.69, 9.17) is 16.3 Å². The predicted octanol–water partition coefficient (Wildman–Crippen LogP) is 2.77. The van der Waals surface area contributed by atoms with Gasteiger partial charge in [-0.25, -0.2) is 4.79 Å². The van der Waals surface area contributed by atoms with E-state index < -0.39 is 10.9 Å². The minimum absolute atomic E-state index is 0.0618. The number of esters is 1. The summed E-state index contributed by atoms with van der Waals surface area (Å²) in [5.41, 5.74) is 1.18. The number of carbonyl (C=O) groups excluding carboxylic acids is 2. The number of benzene rings is 2. The lowest BCUT2D eigenvalue weighted by Crippen LogP contribution is -2.30. The monoisotopic (exact) mass is 392 g/mol. The molecule has 0 aliphatic rings. The van der Waals surface area contributed by atoms with E-state index in [1.807, 2.05) is 0 Å². The number of nitro groups is 1. The Hall–Kier alpha value is -3.13. The Bertz CT molecular complexity index is 838. The Morgan fingerprint density at radius 1 is 1.19 bits per heavy atom. The van der Waals surface area contributed by atoms with Crippen molar-refractivity contribution in [3.05, 3.63) is 68.7 Å². The van der Waals surface area contributed by atoms with Crippen LogP contribution in [0.5, 0.6) is 5.75 Å². The Kier molecular flexibility index (Phi) is 7.13. The van der Waals surface area contributed by atoms with Gasteiger partial charge in [0.05, 0.1) is 17.6 Å². The van der Waals surface area contributed by atoms with Crippen LogP contribution in [0.25, 0.3) is 0 Å². The summed E-state index contributed by atoms with van der Waals surface area (Å²) in [6.45, 7) is 0.149. The number of methoxy groups -OCH3 is 1. The highest BCUT2D eigenvalue weighted by Gasteiger charge is 2.13. The number of amides is 1. The second-order valence-electron chi connectivity index (χ2n) is 5.45. The highest BCUT2D eigenvalue weighted by atomic mass is 35.5. The molecule has 0 atom stereocenters. The van der Waals surface area contributed by atoms with Gasteiger partial charge in [0.2, 0.25) is 0 Å². The van der Waals surface area contributed by atoms with E-state index in [9.17, 15) is 19.7 Å². The van der Waals surface area contributed by atoms with Gasteiger partial charge in [-0.2, -0.15) is 0 Å². The van der Waals surface area contributed by atoms with Crippen molar-refractivity contribution in [3.63, 3.8) is 0 Å². The molecule has 0 saturated carbocycles. The summed E-state index contributed by atoms with van der Waals surface area (Å²) < 4.78 is 9.90. The van der Waals surface area contributed by atoms with E-state index >= 15 is 0 Å². The molecule has 142 valence electrons. The molecule has 0 heterocycles. The van der Waals surface area contributed by atoms with E-state index in [2.05, 4.69) is 10.1 Å². The van der Waals surface area contributed by atoms with E-state index in [-0.39, 0.29) is 29.0 Å². The molecule has 0 bridgehead atoms. The fourth-order valence-corrected chi connectivity index (χ4v) is 2.44. The van der Waals surface area contributed by atoms with Crippen molar-refractivity contribution >= 4 is 29.2 Å². The first kappa shape index (κ1) is 20.2. The molecule has 2 aromatic carbocycles. The van der Waals surface area contributed by atoms with Gasteiger partial charge in [-0.05, 0) is 30.2 Å². The highest BCUT2D eigenvalue weighted by Crippen LogP contribution is 2.28. The SMILES string of the molecule is COC(=O)c1ccc(CCNC(=O)COc2ccc([N+](=O)[O-])c(Cl)c2)cc1. The van der Waals surface area contributed by atoms with Gasteiger partial charge in [0.25, 0.3) is 11.6 Å². The van der Waals surface area contributed by atoms with Gasteiger partial charge in [0.15, 0.2) is 6.61 Å². The maximum atomic E-state index is 11.8. The largest absolute Gasteiger partial charge is 0.484 e. The van der Waals surface area contributed by atoms with Gasteiger partial charge in [-0.3, -0.25) is 14.9 Å². The fourth-order valence-electron chi connectivity index (χ4n) is 2.20. The topological polar surface area (TPSA) is 108 Å². The second kappa shape index (κ2) is 9.54. The van der Waals surface area contributed by atoms with E-state index in [0.717, 1.165) is 5.56 Å². The molecule has 1 N–H and O–H groups in total. The molecule has 0 fully saturated rings. The lowest BCUT2D eigenvalue weighted by Gasteiger charge is -2.08. The van der Waals surface area contributed by atoms with E-state index in [1.54, 1.807) is 24.3 Å². The predicted molar refractivity (Wildman–Crippen MR) is 98.1 cm³/mol. The number of nitro benzene ring substituents is 1. The molecule has 27 heavy (non-hydrogen) atoms. The standard InChI is InChI=1S/C18H17ClN2O6/c1-26-18(23)13-4-2-12(3-5-13)8-9-20-17(22)11-27-14-6-7-16(21(24)25)15(19)10-14/h2-7,10H,8-9,11H2,1H3,(H,20,22). The third-order valence-corrected chi connectivity index (χ3v) is 3.90.